The van der Waals surface area contributed by atoms with Crippen LogP contribution in [0.1, 0.15) is 64.5 Å². The summed E-state index contributed by atoms with van der Waals surface area (Å²) in [4.78, 5) is 35.5. The number of rotatable bonds is 4. The van der Waals surface area contributed by atoms with Crippen LogP contribution in [0.15, 0.2) is 152 Å². The molecule has 0 amide bonds. The average Bonchev–Trinajstić information content (AvgIpc) is 3.78. The zero-order chi connectivity index (χ0) is 35.8. The minimum Gasteiger partial charge on any atom is -0.268 e. The van der Waals surface area contributed by atoms with Crippen molar-refractivity contribution in [2.75, 3.05) is 0 Å². The summed E-state index contributed by atoms with van der Waals surface area (Å²) in [5.74, 6) is 3.19. The summed E-state index contributed by atoms with van der Waals surface area (Å²) in [5.41, 5.74) is 10.4. The van der Waals surface area contributed by atoms with Crippen molar-refractivity contribution in [1.29, 1.82) is 0 Å². The van der Waals surface area contributed by atoms with Gasteiger partial charge >= 0.3 is 0 Å². The molecular formula is C48H35N5O. The Morgan fingerprint density at radius 3 is 1.87 bits per heavy atom. The molecule has 1 spiro atoms. The summed E-state index contributed by atoms with van der Waals surface area (Å²) in [5, 5.41) is 0. The first-order valence-electron chi connectivity index (χ1n) is 18.9. The molecule has 3 aliphatic rings. The van der Waals surface area contributed by atoms with E-state index in [1.54, 1.807) is 0 Å². The highest BCUT2D eigenvalue weighted by Gasteiger charge is 2.59. The first kappa shape index (κ1) is 31.0. The number of carbonyl (C=O) groups excluding carboxylic acids is 1. The minimum atomic E-state index is -0.553. The predicted octanol–water partition coefficient (Wildman–Crippen LogP) is 10.5. The van der Waals surface area contributed by atoms with Gasteiger partial charge in [-0.1, -0.05) is 146 Å². The van der Waals surface area contributed by atoms with Crippen LogP contribution in [0.25, 0.3) is 56.3 Å². The van der Waals surface area contributed by atoms with Gasteiger partial charge in [0.05, 0.1) is 16.4 Å². The van der Waals surface area contributed by atoms with Gasteiger partial charge in [0.2, 0.25) is 0 Å². The van der Waals surface area contributed by atoms with E-state index in [9.17, 15) is 4.79 Å². The lowest BCUT2D eigenvalue weighted by Gasteiger charge is -2.43. The van der Waals surface area contributed by atoms with Crippen molar-refractivity contribution in [3.05, 3.63) is 180 Å². The molecular weight excluding hydrogens is 663 g/mol. The van der Waals surface area contributed by atoms with Gasteiger partial charge in [0, 0.05) is 22.3 Å². The number of aromatic nitrogens is 5. The van der Waals surface area contributed by atoms with Gasteiger partial charge in [0.1, 0.15) is 5.82 Å². The van der Waals surface area contributed by atoms with Crippen LogP contribution in [0.3, 0.4) is 0 Å². The molecule has 3 heterocycles. The number of para-hydroxylation sites is 2. The molecule has 0 radical (unpaired) electrons. The van der Waals surface area contributed by atoms with E-state index in [1.165, 1.54) is 24.0 Å². The van der Waals surface area contributed by atoms with E-state index in [4.69, 9.17) is 19.9 Å². The summed E-state index contributed by atoms with van der Waals surface area (Å²) < 4.78 is 1.91. The molecule has 1 fully saturated rings. The van der Waals surface area contributed by atoms with Crippen LogP contribution >= 0.6 is 0 Å². The standard InChI is InChI=1S/C48H35N5O/c54-46-37-29-34(45-51-43(32-15-5-2-6-16-32)50-44(52-45)33-25-23-31(24-26-33)30-13-3-1-4-14-30)27-28-40(37)48(47-49-41-21-11-12-22-42(41)53(46)47)38-19-9-7-17-35(38)36-18-8-10-20-39(36)48/h1-7,9,11-17,19,21-29,36,39H,8,10,18,20H2. The average molecular weight is 698 g/mol. The number of hydrogen-bond donors (Lipinski definition) is 0. The molecule has 3 atom stereocenters. The summed E-state index contributed by atoms with van der Waals surface area (Å²) in [7, 11) is 0. The Morgan fingerprint density at radius 2 is 1.09 bits per heavy atom. The molecule has 2 aliphatic carbocycles. The second-order valence-electron chi connectivity index (χ2n) is 14.8. The lowest BCUT2D eigenvalue weighted by Crippen LogP contribution is -2.45. The molecule has 8 aromatic rings. The molecule has 6 nitrogen and oxygen atoms in total. The molecule has 3 unspecified atom stereocenters. The third kappa shape index (κ3) is 4.49. The van der Waals surface area contributed by atoms with Crippen LogP contribution in [0, 0.1) is 5.92 Å². The van der Waals surface area contributed by atoms with Gasteiger partial charge in [0.25, 0.3) is 5.91 Å². The lowest BCUT2D eigenvalue weighted by atomic mass is 9.61. The van der Waals surface area contributed by atoms with Gasteiger partial charge in [-0.15, -0.1) is 0 Å². The number of imidazole rings is 1. The predicted molar refractivity (Wildman–Crippen MR) is 212 cm³/mol. The SMILES string of the molecule is O=C1c2cc(-c3nc(-c4ccccc4)nc(-c4ccc(-c5ccccc5)cc4)n3)ccc2C2(c3ccccc3C3CCCCC32)c2nc3ccccc3n21. The number of hydrogen-bond acceptors (Lipinski definition) is 5. The van der Waals surface area contributed by atoms with Crippen LogP contribution in [0.5, 0.6) is 0 Å². The van der Waals surface area contributed by atoms with E-state index in [0.29, 0.717) is 34.9 Å². The molecule has 0 bridgehead atoms. The van der Waals surface area contributed by atoms with Gasteiger partial charge in [-0.2, -0.15) is 0 Å². The van der Waals surface area contributed by atoms with Crippen molar-refractivity contribution in [3.63, 3.8) is 0 Å². The second kappa shape index (κ2) is 12.0. The fraction of sp³-hybridized carbons (Fsp3) is 0.146. The van der Waals surface area contributed by atoms with Crippen LogP contribution in [0.4, 0.5) is 0 Å². The molecule has 0 saturated heterocycles. The summed E-state index contributed by atoms with van der Waals surface area (Å²) in [6.07, 6.45) is 4.61. The van der Waals surface area contributed by atoms with Crippen LogP contribution in [-0.4, -0.2) is 30.4 Å². The number of benzene rings is 6. The van der Waals surface area contributed by atoms with Crippen molar-refractivity contribution in [2.24, 2.45) is 5.92 Å². The monoisotopic (exact) mass is 697 g/mol. The van der Waals surface area contributed by atoms with Gasteiger partial charge in [0.15, 0.2) is 17.5 Å². The maximum absolute atomic E-state index is 15.0. The molecule has 0 N–H and O–H groups in total. The second-order valence-corrected chi connectivity index (χ2v) is 14.8. The first-order chi connectivity index (χ1) is 26.7. The zero-order valence-corrected chi connectivity index (χ0v) is 29.6. The topological polar surface area (TPSA) is 73.6 Å². The molecule has 6 aromatic carbocycles. The summed E-state index contributed by atoms with van der Waals surface area (Å²) in [6, 6.07) is 52.0. The van der Waals surface area contributed by atoms with E-state index >= 15 is 0 Å². The molecule has 6 heteroatoms. The Labute approximate surface area is 313 Å². The molecule has 1 aliphatic heterocycles. The van der Waals surface area contributed by atoms with Crippen molar-refractivity contribution in [3.8, 4) is 45.3 Å². The molecule has 54 heavy (non-hydrogen) atoms. The van der Waals surface area contributed by atoms with Gasteiger partial charge in [-0.3, -0.25) is 9.36 Å². The fourth-order valence-electron chi connectivity index (χ4n) is 9.77. The Morgan fingerprint density at radius 1 is 0.519 bits per heavy atom. The van der Waals surface area contributed by atoms with E-state index in [0.717, 1.165) is 63.1 Å². The molecule has 258 valence electrons. The van der Waals surface area contributed by atoms with Crippen molar-refractivity contribution in [1.82, 2.24) is 24.5 Å². The number of nitrogens with zero attached hydrogens (tertiary/aromatic N) is 5. The Hall–Kier alpha value is -6.53. The summed E-state index contributed by atoms with van der Waals surface area (Å²) in [6.45, 7) is 0. The lowest BCUT2D eigenvalue weighted by molar-refractivity contribution is 0.0940. The Bertz CT molecular complexity index is 2760. The van der Waals surface area contributed by atoms with Crippen LogP contribution in [0.2, 0.25) is 0 Å². The highest BCUT2D eigenvalue weighted by atomic mass is 16.2. The zero-order valence-electron chi connectivity index (χ0n) is 29.6. The third-order valence-corrected chi connectivity index (χ3v) is 12.1. The molecule has 1 saturated carbocycles. The molecule has 2 aromatic heterocycles. The highest BCUT2D eigenvalue weighted by molar-refractivity contribution is 6.06. The summed E-state index contributed by atoms with van der Waals surface area (Å²) >= 11 is 0. The number of carbonyl (C=O) groups is 1. The van der Waals surface area contributed by atoms with E-state index in [-0.39, 0.29) is 5.91 Å². The van der Waals surface area contributed by atoms with Crippen molar-refractivity contribution < 1.29 is 4.79 Å². The van der Waals surface area contributed by atoms with Crippen LogP contribution in [-0.2, 0) is 5.41 Å². The normalized spacial score (nSPS) is 19.7. The minimum absolute atomic E-state index is 0.0630. The van der Waals surface area contributed by atoms with Gasteiger partial charge < -0.3 is 0 Å². The van der Waals surface area contributed by atoms with E-state index in [2.05, 4.69) is 72.8 Å². The largest absolute Gasteiger partial charge is 0.268 e. The Kier molecular flexibility index (Phi) is 6.90. The van der Waals surface area contributed by atoms with Crippen LogP contribution < -0.4 is 0 Å². The fourth-order valence-corrected chi connectivity index (χ4v) is 9.77. The Balaban J connectivity index is 1.12. The first-order valence-corrected chi connectivity index (χ1v) is 18.9. The number of fused-ring (bicyclic) bond motifs is 11. The van der Waals surface area contributed by atoms with Gasteiger partial charge in [-0.05, 0) is 70.7 Å². The smallest absolute Gasteiger partial charge is 0.264 e. The van der Waals surface area contributed by atoms with Gasteiger partial charge in [-0.25, -0.2) is 19.9 Å². The maximum atomic E-state index is 15.0. The maximum Gasteiger partial charge on any atom is 0.264 e. The highest BCUT2D eigenvalue weighted by Crippen LogP contribution is 2.63. The van der Waals surface area contributed by atoms with E-state index < -0.39 is 5.41 Å². The quantitative estimate of drug-likeness (QED) is 0.183. The van der Waals surface area contributed by atoms with Crippen molar-refractivity contribution in [2.45, 2.75) is 37.0 Å². The molecule has 11 rings (SSSR count). The van der Waals surface area contributed by atoms with E-state index in [1.807, 2.05) is 83.4 Å². The van der Waals surface area contributed by atoms with Crippen molar-refractivity contribution >= 4 is 16.9 Å². The third-order valence-electron chi connectivity index (χ3n) is 12.1.